The lowest BCUT2D eigenvalue weighted by Gasteiger charge is -2.26. The van der Waals surface area contributed by atoms with E-state index in [1.807, 2.05) is 7.05 Å². The summed E-state index contributed by atoms with van der Waals surface area (Å²) >= 11 is 0. The summed E-state index contributed by atoms with van der Waals surface area (Å²) in [5.41, 5.74) is 0. The molecule has 3 unspecified atom stereocenters. The number of hydrogen-bond donors (Lipinski definition) is 0. The summed E-state index contributed by atoms with van der Waals surface area (Å²) < 4.78 is 10.8. The van der Waals surface area contributed by atoms with Crippen LogP contribution in [0.1, 0.15) is 19.8 Å². The van der Waals surface area contributed by atoms with Gasteiger partial charge >= 0.3 is 0 Å². The zero-order valence-corrected chi connectivity index (χ0v) is 10.1. The maximum Gasteiger partial charge on any atom is 0.152 e. The van der Waals surface area contributed by atoms with E-state index in [0.717, 1.165) is 26.1 Å². The third-order valence-electron chi connectivity index (χ3n) is 3.69. The van der Waals surface area contributed by atoms with Crippen LogP contribution in [0.4, 0.5) is 0 Å². The van der Waals surface area contributed by atoms with Crippen LogP contribution in [0.2, 0.25) is 0 Å². The van der Waals surface area contributed by atoms with Crippen molar-refractivity contribution in [2.45, 2.75) is 31.9 Å². The van der Waals surface area contributed by atoms with E-state index < -0.39 is 0 Å². The number of hydrogen-bond acceptors (Lipinski definition) is 4. The van der Waals surface area contributed by atoms with Gasteiger partial charge in [-0.25, -0.2) is 0 Å². The van der Waals surface area contributed by atoms with E-state index >= 15 is 0 Å². The summed E-state index contributed by atoms with van der Waals surface area (Å²) in [6.07, 6.45) is 2.17. The smallest absolute Gasteiger partial charge is 0.152 e. The molecule has 0 aliphatic carbocycles. The Kier molecular flexibility index (Phi) is 3.95. The molecular weight excluding hydrogens is 206 g/mol. The molecule has 3 atom stereocenters. The van der Waals surface area contributed by atoms with Gasteiger partial charge in [-0.3, -0.25) is 9.69 Å². The third-order valence-corrected chi connectivity index (χ3v) is 3.69. The van der Waals surface area contributed by atoms with Crippen LogP contribution in [0, 0.1) is 5.92 Å². The predicted octanol–water partition coefficient (Wildman–Crippen LogP) is 0.701. The van der Waals surface area contributed by atoms with Crippen LogP contribution in [-0.2, 0) is 14.3 Å². The minimum Gasteiger partial charge on any atom is -0.381 e. The highest BCUT2D eigenvalue weighted by Crippen LogP contribution is 2.20. The first-order chi connectivity index (χ1) is 7.68. The SMILES string of the molecule is CC1OCCC1N(C)CC(=O)C1CCOC1. The molecule has 0 aromatic carbocycles. The molecule has 0 amide bonds. The van der Waals surface area contributed by atoms with Gasteiger partial charge in [-0.2, -0.15) is 0 Å². The van der Waals surface area contributed by atoms with E-state index in [1.165, 1.54) is 0 Å². The Hall–Kier alpha value is -0.450. The minimum atomic E-state index is 0.125. The number of Topliss-reactive ketones (excluding diaryl/α,β-unsaturated/α-hetero) is 1. The molecule has 4 heteroatoms. The Morgan fingerprint density at radius 2 is 2.19 bits per heavy atom. The molecule has 0 aromatic rings. The van der Waals surface area contributed by atoms with Gasteiger partial charge in [-0.15, -0.1) is 0 Å². The first-order valence-electron chi connectivity index (χ1n) is 6.11. The van der Waals surface area contributed by atoms with E-state index in [2.05, 4.69) is 11.8 Å². The fraction of sp³-hybridized carbons (Fsp3) is 0.917. The summed E-state index contributed by atoms with van der Waals surface area (Å²) in [6.45, 7) is 4.78. The summed E-state index contributed by atoms with van der Waals surface area (Å²) in [7, 11) is 2.02. The standard InChI is InChI=1S/C12H21NO3/c1-9-11(4-6-16-9)13(2)7-12(14)10-3-5-15-8-10/h9-11H,3-8H2,1-2H3. The number of rotatable bonds is 4. The topological polar surface area (TPSA) is 38.8 Å². The Balaban J connectivity index is 1.81. The highest BCUT2D eigenvalue weighted by molar-refractivity contribution is 5.83. The fourth-order valence-corrected chi connectivity index (χ4v) is 2.58. The first-order valence-corrected chi connectivity index (χ1v) is 6.11. The maximum absolute atomic E-state index is 12.0. The lowest BCUT2D eigenvalue weighted by atomic mass is 10.0. The van der Waals surface area contributed by atoms with E-state index in [4.69, 9.17) is 9.47 Å². The van der Waals surface area contributed by atoms with Gasteiger partial charge in [0.05, 0.1) is 19.3 Å². The maximum atomic E-state index is 12.0. The molecular formula is C12H21NO3. The Morgan fingerprint density at radius 3 is 2.75 bits per heavy atom. The van der Waals surface area contributed by atoms with Crippen molar-refractivity contribution >= 4 is 5.78 Å². The van der Waals surface area contributed by atoms with Gasteiger partial charge < -0.3 is 9.47 Å². The van der Waals surface area contributed by atoms with Gasteiger partial charge in [-0.05, 0) is 26.8 Å². The second-order valence-electron chi connectivity index (χ2n) is 4.87. The number of nitrogens with zero attached hydrogens (tertiary/aromatic N) is 1. The van der Waals surface area contributed by atoms with E-state index in [0.29, 0.717) is 25.0 Å². The van der Waals surface area contributed by atoms with Gasteiger partial charge in [0.25, 0.3) is 0 Å². The fourth-order valence-electron chi connectivity index (χ4n) is 2.58. The van der Waals surface area contributed by atoms with Gasteiger partial charge in [0.15, 0.2) is 5.78 Å². The van der Waals surface area contributed by atoms with Crippen LogP contribution in [0.5, 0.6) is 0 Å². The van der Waals surface area contributed by atoms with Crippen molar-refractivity contribution in [3.05, 3.63) is 0 Å². The average Bonchev–Trinajstić information content (AvgIpc) is 2.86. The van der Waals surface area contributed by atoms with Gasteiger partial charge in [0.1, 0.15) is 0 Å². The van der Waals surface area contributed by atoms with E-state index in [9.17, 15) is 4.79 Å². The first kappa shape index (κ1) is 12.0. The Bertz CT molecular complexity index is 251. The average molecular weight is 227 g/mol. The molecule has 0 spiro atoms. The third kappa shape index (κ3) is 2.62. The summed E-state index contributed by atoms with van der Waals surface area (Å²) in [5, 5.41) is 0. The highest BCUT2D eigenvalue weighted by Gasteiger charge is 2.31. The molecule has 16 heavy (non-hydrogen) atoms. The number of carbonyl (C=O) groups excluding carboxylic acids is 1. The number of ketones is 1. The summed E-state index contributed by atoms with van der Waals surface area (Å²) in [4.78, 5) is 14.1. The normalized spacial score (nSPS) is 34.8. The molecule has 92 valence electrons. The molecule has 2 rings (SSSR count). The molecule has 0 saturated carbocycles. The molecule has 4 nitrogen and oxygen atoms in total. The van der Waals surface area contributed by atoms with Crippen molar-refractivity contribution in [1.82, 2.24) is 4.90 Å². The zero-order valence-electron chi connectivity index (χ0n) is 10.1. The largest absolute Gasteiger partial charge is 0.381 e. The number of ether oxygens (including phenoxy) is 2. The van der Waals surface area contributed by atoms with Crippen LogP contribution < -0.4 is 0 Å². The quantitative estimate of drug-likeness (QED) is 0.708. The molecule has 0 radical (unpaired) electrons. The molecule has 2 heterocycles. The molecule has 2 saturated heterocycles. The minimum absolute atomic E-state index is 0.125. The van der Waals surface area contributed by atoms with Crippen LogP contribution in [0.3, 0.4) is 0 Å². The summed E-state index contributed by atoms with van der Waals surface area (Å²) in [5.74, 6) is 0.444. The lowest BCUT2D eigenvalue weighted by molar-refractivity contribution is -0.124. The van der Waals surface area contributed by atoms with Gasteiger partial charge in [-0.1, -0.05) is 0 Å². The summed E-state index contributed by atoms with van der Waals surface area (Å²) in [6, 6.07) is 0.395. The Morgan fingerprint density at radius 1 is 1.38 bits per heavy atom. The molecule has 2 aliphatic heterocycles. The molecule has 0 aromatic heterocycles. The van der Waals surface area contributed by atoms with Crippen molar-refractivity contribution in [1.29, 1.82) is 0 Å². The van der Waals surface area contributed by atoms with Crippen molar-refractivity contribution < 1.29 is 14.3 Å². The van der Waals surface area contributed by atoms with Crippen molar-refractivity contribution in [2.75, 3.05) is 33.4 Å². The second-order valence-corrected chi connectivity index (χ2v) is 4.87. The highest BCUT2D eigenvalue weighted by atomic mass is 16.5. The second kappa shape index (κ2) is 5.25. The number of carbonyl (C=O) groups is 1. The Labute approximate surface area is 96.9 Å². The predicted molar refractivity (Wildman–Crippen MR) is 60.4 cm³/mol. The monoisotopic (exact) mass is 227 g/mol. The van der Waals surface area contributed by atoms with Crippen LogP contribution >= 0.6 is 0 Å². The molecule has 0 N–H and O–H groups in total. The van der Waals surface area contributed by atoms with Gasteiger partial charge in [0.2, 0.25) is 0 Å². The lowest BCUT2D eigenvalue weighted by Crippen LogP contribution is -2.41. The van der Waals surface area contributed by atoms with Crippen molar-refractivity contribution in [3.8, 4) is 0 Å². The van der Waals surface area contributed by atoms with Gasteiger partial charge in [0, 0.05) is 25.2 Å². The molecule has 0 bridgehead atoms. The van der Waals surface area contributed by atoms with Crippen LogP contribution in [0.15, 0.2) is 0 Å². The van der Waals surface area contributed by atoms with Crippen LogP contribution in [0.25, 0.3) is 0 Å². The molecule has 2 aliphatic rings. The van der Waals surface area contributed by atoms with E-state index in [-0.39, 0.29) is 12.0 Å². The molecule has 2 fully saturated rings. The van der Waals surface area contributed by atoms with Crippen LogP contribution in [-0.4, -0.2) is 56.2 Å². The van der Waals surface area contributed by atoms with Crippen molar-refractivity contribution in [3.63, 3.8) is 0 Å². The van der Waals surface area contributed by atoms with E-state index in [1.54, 1.807) is 0 Å². The van der Waals surface area contributed by atoms with Crippen molar-refractivity contribution in [2.24, 2.45) is 5.92 Å². The number of likely N-dealkylation sites (N-methyl/N-ethyl adjacent to an activating group) is 1. The zero-order chi connectivity index (χ0) is 11.5.